The molecule has 21 heavy (non-hydrogen) atoms. The highest BCUT2D eigenvalue weighted by molar-refractivity contribution is 7.91. The van der Waals surface area contributed by atoms with Crippen molar-refractivity contribution in [2.45, 2.75) is 18.1 Å². The Morgan fingerprint density at radius 2 is 1.90 bits per heavy atom. The number of hydrogen-bond donors (Lipinski definition) is 1. The van der Waals surface area contributed by atoms with Crippen molar-refractivity contribution in [3.8, 4) is 0 Å². The van der Waals surface area contributed by atoms with E-state index in [4.69, 9.17) is 0 Å². The molecule has 1 aliphatic rings. The Labute approximate surface area is 123 Å². The Bertz CT molecular complexity index is 738. The van der Waals surface area contributed by atoms with Crippen molar-refractivity contribution in [2.75, 3.05) is 19.3 Å². The zero-order valence-corrected chi connectivity index (χ0v) is 12.7. The summed E-state index contributed by atoms with van der Waals surface area (Å²) in [6.45, 7) is 0.984. The fourth-order valence-corrected chi connectivity index (χ4v) is 3.91. The molecule has 1 aromatic heterocycles. The molecule has 0 unspecified atom stereocenters. The van der Waals surface area contributed by atoms with E-state index in [1.807, 2.05) is 30.3 Å². The summed E-state index contributed by atoms with van der Waals surface area (Å²) >= 11 is 0. The number of aromatic nitrogens is 1. The molecule has 2 heterocycles. The Kier molecular flexibility index (Phi) is 3.49. The lowest BCUT2D eigenvalue weighted by Gasteiger charge is -2.30. The van der Waals surface area contributed by atoms with E-state index in [-0.39, 0.29) is 11.2 Å². The molecular weight excluding hydrogens is 288 g/mol. The summed E-state index contributed by atoms with van der Waals surface area (Å²) in [5.74, 6) is -0.0573. The van der Waals surface area contributed by atoms with Crippen LogP contribution in [0, 0.1) is 0 Å². The van der Waals surface area contributed by atoms with Crippen LogP contribution in [0.3, 0.4) is 0 Å². The van der Waals surface area contributed by atoms with Crippen LogP contribution in [0.1, 0.15) is 23.3 Å². The van der Waals surface area contributed by atoms with Gasteiger partial charge in [-0.05, 0) is 25.0 Å². The monoisotopic (exact) mass is 306 g/mol. The normalized spacial score (nSPS) is 17.3. The third-order valence-electron chi connectivity index (χ3n) is 4.10. The van der Waals surface area contributed by atoms with Gasteiger partial charge in [-0.15, -0.1) is 0 Å². The maximum atomic E-state index is 12.5. The average Bonchev–Trinajstić information content (AvgIpc) is 2.89. The third kappa shape index (κ3) is 2.81. The zero-order chi connectivity index (χ0) is 15.0. The minimum Gasteiger partial charge on any atom is -0.351 e. The molecule has 0 spiro atoms. The van der Waals surface area contributed by atoms with Crippen LogP contribution >= 0.6 is 0 Å². The van der Waals surface area contributed by atoms with Gasteiger partial charge in [0, 0.05) is 30.2 Å². The number of H-pyrrole nitrogens is 1. The molecule has 1 aromatic carbocycles. The van der Waals surface area contributed by atoms with Gasteiger partial charge in [-0.1, -0.05) is 18.2 Å². The quantitative estimate of drug-likeness (QED) is 0.920. The number of benzene rings is 1. The van der Waals surface area contributed by atoms with Crippen LogP contribution in [0.4, 0.5) is 0 Å². The second kappa shape index (κ2) is 5.18. The molecule has 1 N–H and O–H groups in total. The topological polar surface area (TPSA) is 70.2 Å². The summed E-state index contributed by atoms with van der Waals surface area (Å²) in [5, 5.41) is 0.691. The molecule has 1 amide bonds. The van der Waals surface area contributed by atoms with Gasteiger partial charge < -0.3 is 9.88 Å². The molecule has 1 saturated heterocycles. The fourth-order valence-electron chi connectivity index (χ4n) is 2.85. The van der Waals surface area contributed by atoms with Crippen LogP contribution in [0.2, 0.25) is 0 Å². The third-order valence-corrected chi connectivity index (χ3v) is 5.78. The number of para-hydroxylation sites is 1. The van der Waals surface area contributed by atoms with Gasteiger partial charge in [-0.2, -0.15) is 0 Å². The summed E-state index contributed by atoms with van der Waals surface area (Å²) in [6, 6.07) is 9.59. The zero-order valence-electron chi connectivity index (χ0n) is 11.9. The number of aromatic amines is 1. The molecule has 0 saturated carbocycles. The molecule has 1 fully saturated rings. The first-order chi connectivity index (χ1) is 9.95. The highest BCUT2D eigenvalue weighted by Crippen LogP contribution is 2.21. The van der Waals surface area contributed by atoms with E-state index < -0.39 is 9.84 Å². The number of likely N-dealkylation sites (tertiary alicyclic amines) is 1. The molecule has 5 nitrogen and oxygen atoms in total. The van der Waals surface area contributed by atoms with Gasteiger partial charge in [-0.25, -0.2) is 8.42 Å². The van der Waals surface area contributed by atoms with Gasteiger partial charge >= 0.3 is 0 Å². The van der Waals surface area contributed by atoms with Crippen LogP contribution in [-0.2, 0) is 9.84 Å². The van der Waals surface area contributed by atoms with Crippen LogP contribution in [-0.4, -0.2) is 48.8 Å². The Balaban J connectivity index is 1.75. The number of carbonyl (C=O) groups is 1. The molecule has 2 aromatic rings. The molecular formula is C15H18N2O3S. The number of amides is 1. The van der Waals surface area contributed by atoms with Gasteiger partial charge in [0.2, 0.25) is 0 Å². The summed E-state index contributed by atoms with van der Waals surface area (Å²) in [7, 11) is -3.01. The maximum Gasteiger partial charge on any atom is 0.270 e. The van der Waals surface area contributed by atoms with Crippen molar-refractivity contribution in [2.24, 2.45) is 0 Å². The van der Waals surface area contributed by atoms with E-state index in [1.165, 1.54) is 6.26 Å². The predicted octanol–water partition coefficient (Wildman–Crippen LogP) is 1.82. The summed E-state index contributed by atoms with van der Waals surface area (Å²) < 4.78 is 23.1. The predicted molar refractivity (Wildman–Crippen MR) is 82.1 cm³/mol. The molecule has 112 valence electrons. The number of fused-ring (bicyclic) bond motifs is 1. The molecule has 0 aliphatic carbocycles. The van der Waals surface area contributed by atoms with Crippen molar-refractivity contribution in [3.05, 3.63) is 36.0 Å². The lowest BCUT2D eigenvalue weighted by molar-refractivity contribution is 0.0721. The first kappa shape index (κ1) is 14.1. The smallest absolute Gasteiger partial charge is 0.270 e. The largest absolute Gasteiger partial charge is 0.351 e. The first-order valence-electron chi connectivity index (χ1n) is 7.01. The van der Waals surface area contributed by atoms with Crippen molar-refractivity contribution < 1.29 is 13.2 Å². The minimum absolute atomic E-state index is 0.0573. The number of rotatable bonds is 2. The second-order valence-electron chi connectivity index (χ2n) is 5.59. The molecule has 6 heteroatoms. The van der Waals surface area contributed by atoms with Crippen LogP contribution in [0.5, 0.6) is 0 Å². The van der Waals surface area contributed by atoms with E-state index in [0.717, 1.165) is 10.9 Å². The Morgan fingerprint density at radius 3 is 2.52 bits per heavy atom. The fraction of sp³-hybridized carbons (Fsp3) is 0.400. The SMILES string of the molecule is CS(=O)(=O)C1CCN(C(=O)c2cc3ccccc3[nH]2)CC1. The van der Waals surface area contributed by atoms with E-state index in [9.17, 15) is 13.2 Å². The highest BCUT2D eigenvalue weighted by Gasteiger charge is 2.29. The number of sulfone groups is 1. The maximum absolute atomic E-state index is 12.5. The number of nitrogens with zero attached hydrogens (tertiary/aromatic N) is 1. The van der Waals surface area contributed by atoms with E-state index in [2.05, 4.69) is 4.98 Å². The van der Waals surface area contributed by atoms with Crippen LogP contribution in [0.15, 0.2) is 30.3 Å². The molecule has 0 radical (unpaired) electrons. The average molecular weight is 306 g/mol. The molecule has 0 bridgehead atoms. The number of piperidine rings is 1. The van der Waals surface area contributed by atoms with Crippen LogP contribution in [0.25, 0.3) is 10.9 Å². The van der Waals surface area contributed by atoms with Gasteiger partial charge in [0.25, 0.3) is 5.91 Å². The first-order valence-corrected chi connectivity index (χ1v) is 8.96. The van der Waals surface area contributed by atoms with Gasteiger partial charge in [0.05, 0.1) is 5.25 Å². The molecule has 1 aliphatic heterocycles. The summed E-state index contributed by atoms with van der Waals surface area (Å²) in [6.07, 6.45) is 2.31. The van der Waals surface area contributed by atoms with Crippen molar-refractivity contribution >= 4 is 26.6 Å². The van der Waals surface area contributed by atoms with Crippen LogP contribution < -0.4 is 0 Å². The van der Waals surface area contributed by atoms with Gasteiger partial charge in [0.15, 0.2) is 0 Å². The second-order valence-corrected chi connectivity index (χ2v) is 7.92. The summed E-state index contributed by atoms with van der Waals surface area (Å²) in [5.41, 5.74) is 1.50. The Morgan fingerprint density at radius 1 is 1.24 bits per heavy atom. The van der Waals surface area contributed by atoms with Crippen molar-refractivity contribution in [3.63, 3.8) is 0 Å². The van der Waals surface area contributed by atoms with E-state index in [0.29, 0.717) is 31.6 Å². The lowest BCUT2D eigenvalue weighted by Crippen LogP contribution is -2.42. The van der Waals surface area contributed by atoms with Gasteiger partial charge in [-0.3, -0.25) is 4.79 Å². The number of nitrogens with one attached hydrogen (secondary N) is 1. The molecule has 3 rings (SSSR count). The highest BCUT2D eigenvalue weighted by atomic mass is 32.2. The van der Waals surface area contributed by atoms with Gasteiger partial charge in [0.1, 0.15) is 15.5 Å². The standard InChI is InChI=1S/C15H18N2O3S/c1-21(19,20)12-6-8-17(9-7-12)15(18)14-10-11-4-2-3-5-13(11)16-14/h2-5,10,12,16H,6-9H2,1H3. The number of hydrogen-bond acceptors (Lipinski definition) is 3. The molecule has 0 atom stereocenters. The Hall–Kier alpha value is -1.82. The lowest BCUT2D eigenvalue weighted by atomic mass is 10.1. The van der Waals surface area contributed by atoms with Crippen molar-refractivity contribution in [1.29, 1.82) is 0 Å². The van der Waals surface area contributed by atoms with E-state index in [1.54, 1.807) is 4.90 Å². The summed E-state index contributed by atoms with van der Waals surface area (Å²) in [4.78, 5) is 17.3. The van der Waals surface area contributed by atoms with E-state index >= 15 is 0 Å². The number of carbonyl (C=O) groups excluding carboxylic acids is 1. The minimum atomic E-state index is -3.01. The van der Waals surface area contributed by atoms with Crippen molar-refractivity contribution in [1.82, 2.24) is 9.88 Å².